The Bertz CT molecular complexity index is 420. The Morgan fingerprint density at radius 3 is 2.80 bits per heavy atom. The number of anilines is 1. The summed E-state index contributed by atoms with van der Waals surface area (Å²) in [5.74, 6) is 0.946. The molecule has 1 aliphatic rings. The normalized spacial score (nSPS) is 23.4. The van der Waals surface area contributed by atoms with E-state index >= 15 is 0 Å². The molecule has 0 spiro atoms. The van der Waals surface area contributed by atoms with Crippen molar-refractivity contribution in [1.82, 2.24) is 15.3 Å². The van der Waals surface area contributed by atoms with Gasteiger partial charge in [0.05, 0.1) is 23.7 Å². The van der Waals surface area contributed by atoms with Crippen molar-refractivity contribution < 1.29 is 4.74 Å². The van der Waals surface area contributed by atoms with E-state index in [0.717, 1.165) is 44.0 Å². The van der Waals surface area contributed by atoms with Crippen molar-refractivity contribution in [2.45, 2.75) is 51.8 Å². The number of rotatable bonds is 5. The summed E-state index contributed by atoms with van der Waals surface area (Å²) in [5.41, 5.74) is 0.909. The molecule has 0 bridgehead atoms. The van der Waals surface area contributed by atoms with Crippen molar-refractivity contribution in [3.63, 3.8) is 0 Å². The third-order valence-electron chi connectivity index (χ3n) is 3.86. The molecule has 0 saturated carbocycles. The summed E-state index contributed by atoms with van der Waals surface area (Å²) in [7, 11) is 1.79. The van der Waals surface area contributed by atoms with Crippen LogP contribution in [0.3, 0.4) is 0 Å². The van der Waals surface area contributed by atoms with Crippen LogP contribution in [-0.4, -0.2) is 41.8 Å². The summed E-state index contributed by atoms with van der Waals surface area (Å²) in [5, 5.41) is 3.35. The first-order valence-electron chi connectivity index (χ1n) is 7.37. The SMILES string of the molecule is COC1(C)CCCN(c2cnc(CNC(C)C)cn2)C1. The largest absolute Gasteiger partial charge is 0.377 e. The van der Waals surface area contributed by atoms with Crippen LogP contribution in [0.1, 0.15) is 39.3 Å². The van der Waals surface area contributed by atoms with E-state index < -0.39 is 0 Å². The van der Waals surface area contributed by atoms with Crippen LogP contribution in [0.15, 0.2) is 12.4 Å². The molecule has 0 aromatic carbocycles. The van der Waals surface area contributed by atoms with E-state index in [1.54, 1.807) is 7.11 Å². The maximum Gasteiger partial charge on any atom is 0.147 e. The molecule has 20 heavy (non-hydrogen) atoms. The highest BCUT2D eigenvalue weighted by atomic mass is 16.5. The first-order chi connectivity index (χ1) is 9.52. The number of ether oxygens (including phenoxy) is 1. The maximum absolute atomic E-state index is 5.62. The average molecular weight is 278 g/mol. The standard InChI is InChI=1S/C15H26N4O/c1-12(2)16-8-13-9-18-14(10-17-13)19-7-5-6-15(3,11-19)20-4/h9-10,12,16H,5-8,11H2,1-4H3. The third kappa shape index (κ3) is 3.90. The Balaban J connectivity index is 1.99. The minimum atomic E-state index is -0.0716. The molecule has 0 radical (unpaired) electrons. The van der Waals surface area contributed by atoms with Crippen molar-refractivity contribution in [3.8, 4) is 0 Å². The molecule has 112 valence electrons. The second kappa shape index (κ2) is 6.50. The fourth-order valence-corrected chi connectivity index (χ4v) is 2.48. The zero-order chi connectivity index (χ0) is 14.6. The summed E-state index contributed by atoms with van der Waals surface area (Å²) in [4.78, 5) is 11.3. The summed E-state index contributed by atoms with van der Waals surface area (Å²) < 4.78 is 5.62. The molecule has 1 fully saturated rings. The predicted molar refractivity (Wildman–Crippen MR) is 80.9 cm³/mol. The zero-order valence-electron chi connectivity index (χ0n) is 13.0. The van der Waals surface area contributed by atoms with Crippen LogP contribution in [0, 0.1) is 0 Å². The van der Waals surface area contributed by atoms with Gasteiger partial charge in [-0.05, 0) is 19.8 Å². The Hall–Kier alpha value is -1.20. The second-order valence-corrected chi connectivity index (χ2v) is 6.08. The second-order valence-electron chi connectivity index (χ2n) is 6.08. The smallest absolute Gasteiger partial charge is 0.147 e. The summed E-state index contributed by atoms with van der Waals surface area (Å²) in [6.07, 6.45) is 5.97. The van der Waals surface area contributed by atoms with Crippen LogP contribution in [0.5, 0.6) is 0 Å². The highest BCUT2D eigenvalue weighted by Gasteiger charge is 2.31. The van der Waals surface area contributed by atoms with Crippen molar-refractivity contribution in [3.05, 3.63) is 18.1 Å². The van der Waals surface area contributed by atoms with Crippen LogP contribution >= 0.6 is 0 Å². The van der Waals surface area contributed by atoms with Gasteiger partial charge >= 0.3 is 0 Å². The average Bonchev–Trinajstić information content (AvgIpc) is 2.46. The molecule has 1 N–H and O–H groups in total. The molecule has 1 aliphatic heterocycles. The first-order valence-corrected chi connectivity index (χ1v) is 7.37. The molecular formula is C15H26N4O. The summed E-state index contributed by atoms with van der Waals surface area (Å²) in [6, 6.07) is 0.459. The van der Waals surface area contributed by atoms with Crippen molar-refractivity contribution >= 4 is 5.82 Å². The first kappa shape index (κ1) is 15.2. The van der Waals surface area contributed by atoms with Gasteiger partial charge in [0.25, 0.3) is 0 Å². The molecule has 2 rings (SSSR count). The Kier molecular flexibility index (Phi) is 4.94. The summed E-state index contributed by atoms with van der Waals surface area (Å²) >= 11 is 0. The Morgan fingerprint density at radius 1 is 1.40 bits per heavy atom. The highest BCUT2D eigenvalue weighted by molar-refractivity contribution is 5.37. The lowest BCUT2D eigenvalue weighted by Gasteiger charge is -2.39. The number of methoxy groups -OCH3 is 1. The van der Waals surface area contributed by atoms with Crippen LogP contribution in [0.25, 0.3) is 0 Å². The van der Waals surface area contributed by atoms with Crippen LogP contribution in [-0.2, 0) is 11.3 Å². The van der Waals surface area contributed by atoms with Crippen LogP contribution < -0.4 is 10.2 Å². The van der Waals surface area contributed by atoms with E-state index in [4.69, 9.17) is 4.74 Å². The molecule has 2 heterocycles. The molecule has 0 amide bonds. The van der Waals surface area contributed by atoms with Crippen LogP contribution in [0.2, 0.25) is 0 Å². The Morgan fingerprint density at radius 2 is 2.20 bits per heavy atom. The van der Waals surface area contributed by atoms with E-state index in [2.05, 4.69) is 41.0 Å². The van der Waals surface area contributed by atoms with E-state index in [-0.39, 0.29) is 5.60 Å². The van der Waals surface area contributed by atoms with Gasteiger partial charge in [-0.1, -0.05) is 13.8 Å². The molecule has 1 unspecified atom stereocenters. The molecule has 1 aromatic heterocycles. The fourth-order valence-electron chi connectivity index (χ4n) is 2.48. The lowest BCUT2D eigenvalue weighted by atomic mass is 9.95. The quantitative estimate of drug-likeness (QED) is 0.892. The number of hydrogen-bond donors (Lipinski definition) is 1. The van der Waals surface area contributed by atoms with E-state index in [1.807, 2.05) is 12.4 Å². The fraction of sp³-hybridized carbons (Fsp3) is 0.733. The number of nitrogens with one attached hydrogen (secondary N) is 1. The van der Waals surface area contributed by atoms with Gasteiger partial charge in [0.15, 0.2) is 0 Å². The van der Waals surface area contributed by atoms with Gasteiger partial charge in [-0.2, -0.15) is 0 Å². The minimum Gasteiger partial charge on any atom is -0.377 e. The lowest BCUT2D eigenvalue weighted by Crippen LogP contribution is -2.47. The van der Waals surface area contributed by atoms with Gasteiger partial charge in [-0.25, -0.2) is 4.98 Å². The van der Waals surface area contributed by atoms with Crippen LogP contribution in [0.4, 0.5) is 5.82 Å². The Labute approximate surface area is 121 Å². The molecule has 0 aliphatic carbocycles. The predicted octanol–water partition coefficient (Wildman–Crippen LogP) is 1.98. The maximum atomic E-state index is 5.62. The van der Waals surface area contributed by atoms with E-state index in [0.29, 0.717) is 6.04 Å². The molecule has 1 saturated heterocycles. The number of piperidine rings is 1. The van der Waals surface area contributed by atoms with E-state index in [1.165, 1.54) is 0 Å². The van der Waals surface area contributed by atoms with E-state index in [9.17, 15) is 0 Å². The van der Waals surface area contributed by atoms with Gasteiger partial charge < -0.3 is 15.0 Å². The highest BCUT2D eigenvalue weighted by Crippen LogP contribution is 2.26. The summed E-state index contributed by atoms with van der Waals surface area (Å²) in [6.45, 7) is 9.08. The molecule has 1 aromatic rings. The van der Waals surface area contributed by atoms with Crippen molar-refractivity contribution in [1.29, 1.82) is 0 Å². The number of aromatic nitrogens is 2. The molecule has 5 nitrogen and oxygen atoms in total. The van der Waals surface area contributed by atoms with Crippen molar-refractivity contribution in [2.75, 3.05) is 25.1 Å². The lowest BCUT2D eigenvalue weighted by molar-refractivity contribution is -0.00482. The topological polar surface area (TPSA) is 50.3 Å². The monoisotopic (exact) mass is 278 g/mol. The van der Waals surface area contributed by atoms with Gasteiger partial charge in [-0.15, -0.1) is 0 Å². The molecular weight excluding hydrogens is 252 g/mol. The minimum absolute atomic E-state index is 0.0716. The number of hydrogen-bond acceptors (Lipinski definition) is 5. The molecule has 5 heteroatoms. The van der Waals surface area contributed by atoms with Gasteiger partial charge in [-0.3, -0.25) is 4.98 Å². The van der Waals surface area contributed by atoms with Gasteiger partial charge in [0.2, 0.25) is 0 Å². The van der Waals surface area contributed by atoms with Gasteiger partial charge in [0.1, 0.15) is 5.82 Å². The zero-order valence-corrected chi connectivity index (χ0v) is 13.0. The number of nitrogens with zero attached hydrogens (tertiary/aromatic N) is 3. The van der Waals surface area contributed by atoms with Gasteiger partial charge in [0, 0.05) is 32.8 Å². The van der Waals surface area contributed by atoms with Crippen molar-refractivity contribution in [2.24, 2.45) is 0 Å². The molecule has 1 atom stereocenters. The third-order valence-corrected chi connectivity index (χ3v) is 3.86.